The number of aromatic amines is 2. The third-order valence-electron chi connectivity index (χ3n) is 17.1. The molecule has 96 heavy (non-hydrogen) atoms. The van der Waals surface area contributed by atoms with Crippen molar-refractivity contribution < 1.29 is 19.2 Å². The van der Waals surface area contributed by atoms with E-state index >= 15 is 0 Å². The largest absolute Gasteiger partial charge is 0.354 e. The first-order valence-electron chi connectivity index (χ1n) is 33.7. The lowest BCUT2D eigenvalue weighted by atomic mass is 10.0. The lowest BCUT2D eigenvalue weighted by molar-refractivity contribution is -0.117. The molecule has 8 bridgehead atoms. The molecule has 4 amide bonds. The van der Waals surface area contributed by atoms with Gasteiger partial charge in [0.1, 0.15) is 0 Å². The fraction of sp³-hybridized carbons (Fsp3) is 0.368. The van der Waals surface area contributed by atoms with Crippen LogP contribution in [-0.2, 0) is 19.2 Å². The fourth-order valence-electron chi connectivity index (χ4n) is 12.2. The number of carbonyl (C=O) groups is 4. The van der Waals surface area contributed by atoms with Gasteiger partial charge in [-0.3, -0.25) is 19.2 Å². The zero-order valence-corrected chi connectivity index (χ0v) is 60.8. The van der Waals surface area contributed by atoms with Crippen LogP contribution in [0.1, 0.15) is 205 Å². The summed E-state index contributed by atoms with van der Waals surface area (Å²) in [6.45, 7) is 8.61. The Hall–Kier alpha value is -6.32. The van der Waals surface area contributed by atoms with Crippen LogP contribution in [0, 0.1) is 0 Å². The summed E-state index contributed by atoms with van der Waals surface area (Å²) in [4.78, 5) is 71.6. The highest BCUT2D eigenvalue weighted by Crippen LogP contribution is 2.49. The maximum atomic E-state index is 13.4. The second-order valence-corrected chi connectivity index (χ2v) is 27.9. The number of hydrogen-bond donors (Lipinski definition) is 6. The Labute approximate surface area is 603 Å². The molecule has 0 fully saturated rings. The Bertz CT molecular complexity index is 3630. The average molecular weight is 1460 g/mol. The number of aromatic nitrogens is 4. The molecular weight excluding hydrogens is 1370 g/mol. The third-order valence-corrected chi connectivity index (χ3v) is 19.5. The zero-order chi connectivity index (χ0) is 68.4. The van der Waals surface area contributed by atoms with E-state index < -0.39 is 0 Å². The number of anilines is 4. The first-order valence-corrected chi connectivity index (χ1v) is 36.8. The van der Waals surface area contributed by atoms with Crippen molar-refractivity contribution in [2.45, 2.75) is 182 Å². The minimum Gasteiger partial charge on any atom is -0.354 e. The predicted octanol–water partition coefficient (Wildman–Crippen LogP) is 25.7. The molecule has 9 rings (SSSR count). The number of carbonyl (C=O) groups excluding carboxylic acids is 4. The molecule has 0 spiro atoms. The van der Waals surface area contributed by atoms with E-state index in [4.69, 9.17) is 103 Å². The number of unbranched alkanes of at least 4 members (excludes halogenated alkanes) is 16. The van der Waals surface area contributed by atoms with Crippen LogP contribution in [-0.4, -0.2) is 43.6 Å². The molecule has 0 saturated carbocycles. The monoisotopic (exact) mass is 1450 g/mol. The van der Waals surface area contributed by atoms with Gasteiger partial charge in [-0.2, -0.15) is 0 Å². The van der Waals surface area contributed by atoms with Crippen LogP contribution in [0.4, 0.5) is 22.7 Å². The SMILES string of the molecule is CCCCCCCC(=O)Nc1cc(Cl)c(-c2c3nc(c(-c4c(Cl)cc(NC(=O)CCCCCCC)cc4Cl)c4ccc([nH]4)c(-c4c(Cl)cc(NC(=O)CCCCCCC)cc4Cl)c4nc(c(-c5c(Cl)cc(NC(=O)CCCCCCC)cc5Cl)c5ccc2[nH]5)C=C4)C=C3)c(Cl)c1. The van der Waals surface area contributed by atoms with E-state index in [1.54, 1.807) is 48.5 Å². The van der Waals surface area contributed by atoms with E-state index in [1.807, 2.05) is 48.6 Å². The summed E-state index contributed by atoms with van der Waals surface area (Å²) < 4.78 is 0. The van der Waals surface area contributed by atoms with Crippen LogP contribution < -0.4 is 21.3 Å². The summed E-state index contributed by atoms with van der Waals surface area (Å²) in [6, 6.07) is 20.9. The highest BCUT2D eigenvalue weighted by Gasteiger charge is 2.27. The summed E-state index contributed by atoms with van der Waals surface area (Å²) in [6.07, 6.45) is 28.6. The van der Waals surface area contributed by atoms with E-state index in [2.05, 4.69) is 58.9 Å². The Balaban J connectivity index is 1.30. The van der Waals surface area contributed by atoms with Gasteiger partial charge in [-0.05, 0) is 123 Å². The number of rotatable bonds is 32. The number of nitrogens with one attached hydrogen (secondary N) is 6. The van der Waals surface area contributed by atoms with E-state index in [0.717, 1.165) is 128 Å². The first-order chi connectivity index (χ1) is 46.4. The van der Waals surface area contributed by atoms with Crippen molar-refractivity contribution in [2.24, 2.45) is 0 Å². The Morgan fingerprint density at radius 3 is 0.667 bits per heavy atom. The average Bonchev–Trinajstić information content (AvgIpc) is 1.56. The van der Waals surface area contributed by atoms with Gasteiger partial charge in [-0.15, -0.1) is 0 Å². The van der Waals surface area contributed by atoms with Crippen LogP contribution in [0.2, 0.25) is 40.2 Å². The molecule has 2 aliphatic heterocycles. The Kier molecular flexibility index (Phi) is 27.7. The van der Waals surface area contributed by atoms with Gasteiger partial charge in [0, 0.05) is 115 Å². The molecule has 7 aromatic rings. The standard InChI is InChI=1S/C76H82Cl8N8O4/c1-5-9-13-17-21-25-65(93)85-45-37-49(77)69(50(78)38-45)73-57-29-31-59(89-57)74(70-51(79)39-46(40-52(70)80)86-66(94)26-22-18-14-10-6-2)61-33-35-63(91-61)76(72-55(83)43-48(44-56(72)84)88-68(96)28-24-20-16-12-8-4)64-36-34-62(92-64)75(60-32-30-58(73)90-60)71-53(81)41-47(42-54(71)82)87-67(95)27-23-19-15-11-7-3/h29-44,89,92H,5-28H2,1-4H3,(H,85,93)(H,86,94)(H,87,95)(H,88,96). The third kappa shape index (κ3) is 19.1. The van der Waals surface area contributed by atoms with Gasteiger partial charge >= 0.3 is 0 Å². The van der Waals surface area contributed by atoms with Crippen molar-refractivity contribution in [2.75, 3.05) is 21.3 Å². The van der Waals surface area contributed by atoms with Gasteiger partial charge in [-0.1, -0.05) is 223 Å². The van der Waals surface area contributed by atoms with Gasteiger partial charge in [0.2, 0.25) is 23.6 Å². The summed E-state index contributed by atoms with van der Waals surface area (Å²) in [7, 11) is 0. The molecule has 0 unspecified atom stereocenters. The number of hydrogen-bond acceptors (Lipinski definition) is 6. The van der Waals surface area contributed by atoms with Crippen molar-refractivity contribution in [1.29, 1.82) is 0 Å². The number of nitrogens with zero attached hydrogens (tertiary/aromatic N) is 2. The summed E-state index contributed by atoms with van der Waals surface area (Å²) in [5, 5.41) is 13.8. The van der Waals surface area contributed by atoms with E-state index in [-0.39, 0.29) is 63.8 Å². The molecule has 4 aromatic carbocycles. The summed E-state index contributed by atoms with van der Waals surface area (Å²) in [5.74, 6) is -0.622. The van der Waals surface area contributed by atoms with Crippen LogP contribution in [0.25, 0.3) is 90.9 Å². The molecule has 0 atom stereocenters. The topological polar surface area (TPSA) is 174 Å². The van der Waals surface area contributed by atoms with Gasteiger partial charge < -0.3 is 31.2 Å². The van der Waals surface area contributed by atoms with Crippen molar-refractivity contribution >= 4 is 186 Å². The molecule has 506 valence electrons. The van der Waals surface area contributed by atoms with Crippen molar-refractivity contribution in [1.82, 2.24) is 19.9 Å². The molecule has 12 nitrogen and oxygen atoms in total. The van der Waals surface area contributed by atoms with Gasteiger partial charge in [-0.25, -0.2) is 9.97 Å². The van der Waals surface area contributed by atoms with Crippen LogP contribution in [0.15, 0.2) is 72.8 Å². The first kappa shape index (κ1) is 73.9. The number of benzene rings is 4. The molecule has 2 aliphatic rings. The lowest BCUT2D eigenvalue weighted by Crippen LogP contribution is -2.11. The van der Waals surface area contributed by atoms with Gasteiger partial charge in [0.05, 0.1) is 63.0 Å². The second kappa shape index (κ2) is 36.0. The fourth-order valence-corrected chi connectivity index (χ4v) is 14.9. The van der Waals surface area contributed by atoms with Gasteiger partial charge in [0.15, 0.2) is 0 Å². The van der Waals surface area contributed by atoms with Crippen molar-refractivity contribution in [3.05, 3.63) is 136 Å². The molecular formula is C76H82Cl8N8O4. The maximum Gasteiger partial charge on any atom is 0.224 e. The highest BCUT2D eigenvalue weighted by atomic mass is 35.5. The Morgan fingerprint density at radius 1 is 0.292 bits per heavy atom. The zero-order valence-electron chi connectivity index (χ0n) is 54.8. The van der Waals surface area contributed by atoms with E-state index in [1.165, 1.54) is 0 Å². The number of halogens is 8. The van der Waals surface area contributed by atoms with Crippen LogP contribution in [0.3, 0.4) is 0 Å². The van der Waals surface area contributed by atoms with Crippen LogP contribution in [0.5, 0.6) is 0 Å². The van der Waals surface area contributed by atoms with E-state index in [0.29, 0.717) is 138 Å². The number of fused-ring (bicyclic) bond motifs is 8. The highest BCUT2D eigenvalue weighted by molar-refractivity contribution is 6.43. The second-order valence-electron chi connectivity index (χ2n) is 24.6. The van der Waals surface area contributed by atoms with Crippen LogP contribution >= 0.6 is 92.8 Å². The van der Waals surface area contributed by atoms with Gasteiger partial charge in [0.25, 0.3) is 0 Å². The molecule has 6 N–H and O–H groups in total. The summed E-state index contributed by atoms with van der Waals surface area (Å²) in [5.41, 5.74) is 8.93. The number of amides is 4. The molecule has 0 radical (unpaired) electrons. The molecule has 0 aliphatic carbocycles. The van der Waals surface area contributed by atoms with E-state index in [9.17, 15) is 19.2 Å². The van der Waals surface area contributed by atoms with Crippen molar-refractivity contribution in [3.8, 4) is 44.5 Å². The molecule has 3 aromatic heterocycles. The minimum absolute atomic E-state index is 0.156. The Morgan fingerprint density at radius 2 is 0.479 bits per heavy atom. The lowest BCUT2D eigenvalue weighted by Gasteiger charge is -2.14. The smallest absolute Gasteiger partial charge is 0.224 e. The molecule has 0 saturated heterocycles. The maximum absolute atomic E-state index is 13.4. The molecule has 5 heterocycles. The summed E-state index contributed by atoms with van der Waals surface area (Å²) >= 11 is 59.4. The number of H-pyrrole nitrogens is 2. The van der Waals surface area contributed by atoms with Crippen molar-refractivity contribution in [3.63, 3.8) is 0 Å². The molecule has 20 heteroatoms. The quantitative estimate of drug-likeness (QED) is 0.0229. The predicted molar refractivity (Wildman–Crippen MR) is 409 cm³/mol. The normalized spacial score (nSPS) is 11.8. The minimum atomic E-state index is -0.156.